The van der Waals surface area contributed by atoms with Crippen LogP contribution in [0.4, 0.5) is 0 Å². The number of carbonyl (C=O) groups is 1. The predicted molar refractivity (Wildman–Crippen MR) is 61.3 cm³/mol. The van der Waals surface area contributed by atoms with Crippen molar-refractivity contribution in [2.75, 3.05) is 6.61 Å². The Labute approximate surface area is 99.5 Å². The molecule has 0 aliphatic rings. The van der Waals surface area contributed by atoms with E-state index < -0.39 is 6.10 Å². The van der Waals surface area contributed by atoms with Gasteiger partial charge in [0.15, 0.2) is 6.10 Å². The summed E-state index contributed by atoms with van der Waals surface area (Å²) in [6, 6.07) is 6.80. The molecule has 0 aliphatic carbocycles. The molecule has 5 heteroatoms. The third-order valence-electron chi connectivity index (χ3n) is 1.81. The SMILES string of the molecule is CCONC(=O)C(C)Oc1ccc(Cl)cc1. The van der Waals surface area contributed by atoms with E-state index in [0.717, 1.165) is 0 Å². The van der Waals surface area contributed by atoms with Crippen LogP contribution < -0.4 is 10.2 Å². The van der Waals surface area contributed by atoms with E-state index in [4.69, 9.17) is 21.2 Å². The van der Waals surface area contributed by atoms with Gasteiger partial charge in [-0.25, -0.2) is 5.48 Å². The molecule has 0 spiro atoms. The van der Waals surface area contributed by atoms with Gasteiger partial charge >= 0.3 is 0 Å². The lowest BCUT2D eigenvalue weighted by molar-refractivity contribution is -0.139. The molecule has 1 atom stereocenters. The number of amides is 1. The van der Waals surface area contributed by atoms with Crippen molar-refractivity contribution in [1.82, 2.24) is 5.48 Å². The van der Waals surface area contributed by atoms with Gasteiger partial charge in [-0.15, -0.1) is 0 Å². The van der Waals surface area contributed by atoms with Gasteiger partial charge in [-0.05, 0) is 38.1 Å². The first kappa shape index (κ1) is 12.8. The second-order valence-electron chi connectivity index (χ2n) is 3.11. The summed E-state index contributed by atoms with van der Waals surface area (Å²) in [6.07, 6.45) is -0.618. The fourth-order valence-electron chi connectivity index (χ4n) is 0.997. The first-order valence-corrected chi connectivity index (χ1v) is 5.35. The van der Waals surface area contributed by atoms with E-state index in [1.54, 1.807) is 38.1 Å². The molecular formula is C11H14ClNO3. The topological polar surface area (TPSA) is 47.6 Å². The van der Waals surface area contributed by atoms with Crippen molar-refractivity contribution in [2.45, 2.75) is 20.0 Å². The fourth-order valence-corrected chi connectivity index (χ4v) is 1.12. The molecule has 88 valence electrons. The maximum Gasteiger partial charge on any atom is 0.284 e. The van der Waals surface area contributed by atoms with Crippen LogP contribution in [0.5, 0.6) is 5.75 Å². The maximum absolute atomic E-state index is 11.4. The molecule has 0 radical (unpaired) electrons. The average molecular weight is 244 g/mol. The molecule has 1 unspecified atom stereocenters. The van der Waals surface area contributed by atoms with E-state index >= 15 is 0 Å². The van der Waals surface area contributed by atoms with E-state index in [-0.39, 0.29) is 5.91 Å². The summed E-state index contributed by atoms with van der Waals surface area (Å²) in [5, 5.41) is 0.624. The molecule has 1 aromatic carbocycles. The van der Waals surface area contributed by atoms with Crippen LogP contribution in [0.3, 0.4) is 0 Å². The van der Waals surface area contributed by atoms with Gasteiger partial charge in [-0.1, -0.05) is 11.6 Å². The van der Waals surface area contributed by atoms with Crippen molar-refractivity contribution in [2.24, 2.45) is 0 Å². The predicted octanol–water partition coefficient (Wildman–Crippen LogP) is 2.17. The quantitative estimate of drug-likeness (QED) is 0.807. The van der Waals surface area contributed by atoms with Crippen molar-refractivity contribution in [3.05, 3.63) is 29.3 Å². The van der Waals surface area contributed by atoms with E-state index in [2.05, 4.69) is 5.48 Å². The zero-order valence-electron chi connectivity index (χ0n) is 9.20. The van der Waals surface area contributed by atoms with Gasteiger partial charge < -0.3 is 4.74 Å². The number of rotatable bonds is 5. The summed E-state index contributed by atoms with van der Waals surface area (Å²) in [5.74, 6) is 0.264. The van der Waals surface area contributed by atoms with Crippen LogP contribution in [0, 0.1) is 0 Å². The number of hydrogen-bond acceptors (Lipinski definition) is 3. The summed E-state index contributed by atoms with van der Waals surface area (Å²) in [4.78, 5) is 16.2. The molecule has 1 rings (SSSR count). The summed E-state index contributed by atoms with van der Waals surface area (Å²) in [7, 11) is 0. The van der Waals surface area contributed by atoms with Crippen molar-refractivity contribution in [3.63, 3.8) is 0 Å². The zero-order valence-corrected chi connectivity index (χ0v) is 9.95. The first-order valence-electron chi connectivity index (χ1n) is 4.97. The molecule has 0 heterocycles. The second-order valence-corrected chi connectivity index (χ2v) is 3.55. The van der Waals surface area contributed by atoms with E-state index in [1.807, 2.05) is 0 Å². The number of benzene rings is 1. The van der Waals surface area contributed by atoms with Crippen LogP contribution in [0.2, 0.25) is 5.02 Å². The highest BCUT2D eigenvalue weighted by Gasteiger charge is 2.14. The molecule has 0 saturated carbocycles. The Bertz CT molecular complexity index is 340. The minimum Gasteiger partial charge on any atom is -0.481 e. The smallest absolute Gasteiger partial charge is 0.284 e. The number of halogens is 1. The molecule has 1 N–H and O–H groups in total. The molecule has 4 nitrogen and oxygen atoms in total. The zero-order chi connectivity index (χ0) is 12.0. The van der Waals surface area contributed by atoms with Gasteiger partial charge in [0.05, 0.1) is 6.61 Å². The monoisotopic (exact) mass is 243 g/mol. The van der Waals surface area contributed by atoms with Crippen LogP contribution >= 0.6 is 11.6 Å². The Morgan fingerprint density at radius 1 is 1.44 bits per heavy atom. The number of ether oxygens (including phenoxy) is 1. The fraction of sp³-hybridized carbons (Fsp3) is 0.364. The highest BCUT2D eigenvalue weighted by molar-refractivity contribution is 6.30. The second kappa shape index (κ2) is 6.35. The normalized spacial score (nSPS) is 11.9. The maximum atomic E-state index is 11.4. The van der Waals surface area contributed by atoms with Crippen molar-refractivity contribution < 1.29 is 14.4 Å². The minimum atomic E-state index is -0.618. The van der Waals surface area contributed by atoms with Gasteiger partial charge in [-0.3, -0.25) is 9.63 Å². The number of hydroxylamine groups is 1. The molecule has 0 saturated heterocycles. The van der Waals surface area contributed by atoms with Crippen LogP contribution in [0.1, 0.15) is 13.8 Å². The Hall–Kier alpha value is -1.26. The summed E-state index contributed by atoms with van der Waals surface area (Å²) >= 11 is 5.72. The van der Waals surface area contributed by atoms with Crippen LogP contribution in [0.25, 0.3) is 0 Å². The summed E-state index contributed by atoms with van der Waals surface area (Å²) in [5.41, 5.74) is 2.27. The van der Waals surface area contributed by atoms with E-state index in [9.17, 15) is 4.79 Å². The van der Waals surface area contributed by atoms with Crippen molar-refractivity contribution in [1.29, 1.82) is 0 Å². The molecule has 0 fully saturated rings. The Morgan fingerprint density at radius 2 is 2.06 bits per heavy atom. The molecule has 1 amide bonds. The van der Waals surface area contributed by atoms with Gasteiger partial charge in [0.1, 0.15) is 5.75 Å². The van der Waals surface area contributed by atoms with Crippen molar-refractivity contribution in [3.8, 4) is 5.75 Å². The number of carbonyl (C=O) groups excluding carboxylic acids is 1. The Kier molecular flexibility index (Phi) is 5.08. The van der Waals surface area contributed by atoms with Crippen molar-refractivity contribution >= 4 is 17.5 Å². The van der Waals surface area contributed by atoms with E-state index in [0.29, 0.717) is 17.4 Å². The highest BCUT2D eigenvalue weighted by atomic mass is 35.5. The highest BCUT2D eigenvalue weighted by Crippen LogP contribution is 2.16. The number of nitrogens with one attached hydrogen (secondary N) is 1. The molecule has 0 aliphatic heterocycles. The molecule has 1 aromatic rings. The third kappa shape index (κ3) is 4.08. The van der Waals surface area contributed by atoms with Gasteiger partial charge in [0.25, 0.3) is 5.91 Å². The van der Waals surface area contributed by atoms with Crippen LogP contribution in [-0.4, -0.2) is 18.6 Å². The Morgan fingerprint density at radius 3 is 2.62 bits per heavy atom. The third-order valence-corrected chi connectivity index (χ3v) is 2.06. The lowest BCUT2D eigenvalue weighted by Crippen LogP contribution is -2.36. The lowest BCUT2D eigenvalue weighted by atomic mass is 10.3. The van der Waals surface area contributed by atoms with Crippen LogP contribution in [0.15, 0.2) is 24.3 Å². The standard InChI is InChI=1S/C11H14ClNO3/c1-3-15-13-11(14)8(2)16-10-6-4-9(12)5-7-10/h4-8H,3H2,1-2H3,(H,13,14). The average Bonchev–Trinajstić information content (AvgIpc) is 2.29. The molecule has 0 aromatic heterocycles. The largest absolute Gasteiger partial charge is 0.481 e. The molecular weight excluding hydrogens is 230 g/mol. The van der Waals surface area contributed by atoms with Gasteiger partial charge in [-0.2, -0.15) is 0 Å². The van der Waals surface area contributed by atoms with E-state index in [1.165, 1.54) is 0 Å². The first-order chi connectivity index (χ1) is 7.63. The molecule has 0 bridgehead atoms. The minimum absolute atomic E-state index is 0.322. The molecule has 16 heavy (non-hydrogen) atoms. The lowest BCUT2D eigenvalue weighted by Gasteiger charge is -2.13. The Balaban J connectivity index is 2.47. The number of hydrogen-bond donors (Lipinski definition) is 1. The summed E-state index contributed by atoms with van der Waals surface area (Å²) in [6.45, 7) is 3.84. The van der Waals surface area contributed by atoms with Gasteiger partial charge in [0, 0.05) is 5.02 Å². The summed E-state index contributed by atoms with van der Waals surface area (Å²) < 4.78 is 5.38. The van der Waals surface area contributed by atoms with Crippen LogP contribution in [-0.2, 0) is 9.63 Å². The van der Waals surface area contributed by atoms with Gasteiger partial charge in [0.2, 0.25) is 0 Å².